The Morgan fingerprint density at radius 3 is 1.04 bits per heavy atom. The molecule has 0 fully saturated rings. The van der Waals surface area contributed by atoms with Crippen molar-refractivity contribution in [2.75, 3.05) is 0 Å². The Morgan fingerprint density at radius 2 is 0.670 bits per heavy atom. The van der Waals surface area contributed by atoms with Crippen LogP contribution in [0.15, 0.2) is 249 Å². The molecule has 0 radical (unpaired) electrons. The van der Waals surface area contributed by atoms with Gasteiger partial charge in [-0.25, -0.2) is 54.7 Å². The number of carbonyl (C=O) groups is 5. The van der Waals surface area contributed by atoms with E-state index in [1.54, 1.807) is 82.3 Å². The molecule has 0 aliphatic carbocycles. The van der Waals surface area contributed by atoms with Crippen molar-refractivity contribution in [3.63, 3.8) is 0 Å². The third-order valence-electron chi connectivity index (χ3n) is 15.9. The quantitative estimate of drug-likeness (QED) is 0.0605. The van der Waals surface area contributed by atoms with Crippen LogP contribution in [0.1, 0.15) is 57.4 Å². The molecule has 0 atom stereocenters. The van der Waals surface area contributed by atoms with Gasteiger partial charge in [0.1, 0.15) is 29.0 Å². The first-order valence-corrected chi connectivity index (χ1v) is 30.3. The Hall–Kier alpha value is -13.7. The van der Waals surface area contributed by atoms with Gasteiger partial charge in [0.2, 0.25) is 0 Å². The molecule has 0 aliphatic heterocycles. The molecule has 10 aromatic carbocycles. The predicted octanol–water partition coefficient (Wildman–Crippen LogP) is 18.8. The minimum atomic E-state index is -4.73. The van der Waals surface area contributed by atoms with Gasteiger partial charge in [-0.05, 0) is 194 Å². The van der Waals surface area contributed by atoms with Crippen LogP contribution in [0.25, 0.3) is 83.0 Å². The zero-order valence-corrected chi connectivity index (χ0v) is 52.9. The van der Waals surface area contributed by atoms with Gasteiger partial charge < -0.3 is 53.1 Å². The van der Waals surface area contributed by atoms with Gasteiger partial charge in [-0.3, -0.25) is 0 Å². The third-order valence-corrected chi connectivity index (χ3v) is 15.9. The summed E-state index contributed by atoms with van der Waals surface area (Å²) in [6.07, 6.45) is 3.71. The first-order valence-electron chi connectivity index (χ1n) is 30.3. The van der Waals surface area contributed by atoms with Crippen LogP contribution in [-0.4, -0.2) is 84.6 Å². The van der Waals surface area contributed by atoms with E-state index in [9.17, 15) is 67.9 Å². The van der Waals surface area contributed by atoms with Gasteiger partial charge in [0.05, 0.1) is 72.5 Å². The molecular formula is C77H49F10N5O11. The fourth-order valence-corrected chi connectivity index (χ4v) is 11.1. The second-order valence-corrected chi connectivity index (χ2v) is 22.6. The van der Waals surface area contributed by atoms with Crippen LogP contribution < -0.4 is 4.74 Å². The van der Waals surface area contributed by atoms with Crippen LogP contribution in [0.3, 0.4) is 0 Å². The van der Waals surface area contributed by atoms with Crippen molar-refractivity contribution in [2.24, 2.45) is 0 Å². The van der Waals surface area contributed by atoms with Crippen molar-refractivity contribution in [1.82, 2.24) is 22.8 Å². The Morgan fingerprint density at radius 1 is 0.320 bits per heavy atom. The van der Waals surface area contributed by atoms with Crippen molar-refractivity contribution >= 4 is 84.4 Å². The van der Waals surface area contributed by atoms with Crippen LogP contribution in [0, 0.1) is 47.6 Å². The molecular weight excluding hydrogens is 1360 g/mol. The largest absolute Gasteiger partial charge is 0.573 e. The minimum Gasteiger partial charge on any atom is -0.478 e. The number of nitrogens with zero attached hydrogens (tertiary/aromatic N) is 5. The number of carboxylic acid groups (broad SMARTS) is 5. The molecule has 0 aliphatic rings. The summed E-state index contributed by atoms with van der Waals surface area (Å²) in [6.45, 7) is 2.05. The van der Waals surface area contributed by atoms with E-state index < -0.39 is 76.9 Å². The molecule has 0 saturated carbocycles. The molecule has 5 heterocycles. The summed E-state index contributed by atoms with van der Waals surface area (Å²) < 4.78 is 142. The smallest absolute Gasteiger partial charge is 0.478 e. The fraction of sp³-hybridized carbons (Fsp3) is 0.0260. The Kier molecular flexibility index (Phi) is 20.2. The number of halogens is 10. The van der Waals surface area contributed by atoms with Crippen LogP contribution in [0.5, 0.6) is 5.75 Å². The number of rotatable bonds is 11. The maximum atomic E-state index is 13.8. The molecule has 5 aromatic heterocycles. The maximum Gasteiger partial charge on any atom is 0.573 e. The van der Waals surface area contributed by atoms with E-state index in [0.29, 0.717) is 49.6 Å². The maximum absolute atomic E-state index is 13.8. The van der Waals surface area contributed by atoms with Gasteiger partial charge in [0.25, 0.3) is 0 Å². The number of alkyl halides is 3. The highest BCUT2D eigenvalue weighted by atomic mass is 19.4. The Balaban J connectivity index is 0.000000129. The summed E-state index contributed by atoms with van der Waals surface area (Å²) in [6, 6.07) is 53.8. The molecule has 5 N–H and O–H groups in total. The normalized spacial score (nSPS) is 11.1. The van der Waals surface area contributed by atoms with Gasteiger partial charge in [-0.15, -0.1) is 13.2 Å². The zero-order chi connectivity index (χ0) is 73.7. The fourth-order valence-electron chi connectivity index (χ4n) is 11.1. The van der Waals surface area contributed by atoms with E-state index in [2.05, 4.69) is 28.4 Å². The molecule has 518 valence electrons. The standard InChI is InChI=1S/C16H10F3NO3.C16H13NO2.C15H8F3NO2.2C15H9F2NO2/c17-16(18,19)23-13-4-2-12(3-5-13)20-8-7-10-9-11(15(21)22)1-6-14(10)20;1-11-3-2-4-14(9-11)17-8-7-12-10-13(16(18)19)5-6-15(12)17;16-11-6-10(7-12(17)14(11)18)19-4-3-8-5-9(15(20)21)1-2-13(8)19;16-11-2-3-12(17)14(8-11)18-6-5-9-7-10(15(19)20)1-4-13(9)18;16-11-6-12(17)8-13(7-11)18-4-3-9-5-10(15(19)20)1-2-14(9)18/h1-9H,(H,21,22);2-10H,1H3,(H,18,19);1-7H,(H,20,21);2*1-8H,(H,19,20). The Bertz CT molecular complexity index is 5750. The van der Waals surface area contributed by atoms with Crippen LogP contribution in [0.4, 0.5) is 43.9 Å². The number of aromatic nitrogens is 5. The summed E-state index contributed by atoms with van der Waals surface area (Å²) in [5.74, 6) is -11.8. The molecule has 103 heavy (non-hydrogen) atoms. The first-order chi connectivity index (χ1) is 49.0. The highest BCUT2D eigenvalue weighted by Crippen LogP contribution is 2.31. The average Bonchev–Trinajstić information content (AvgIpc) is 1.70. The molecule has 15 aromatic rings. The lowest BCUT2D eigenvalue weighted by molar-refractivity contribution is -0.274. The van der Waals surface area contributed by atoms with E-state index in [0.717, 1.165) is 63.9 Å². The van der Waals surface area contributed by atoms with Crippen molar-refractivity contribution in [3.05, 3.63) is 323 Å². The number of hydrogen-bond acceptors (Lipinski definition) is 6. The second-order valence-electron chi connectivity index (χ2n) is 22.6. The number of carboxylic acids is 5. The van der Waals surface area contributed by atoms with Gasteiger partial charge in [0.15, 0.2) is 17.5 Å². The van der Waals surface area contributed by atoms with Crippen molar-refractivity contribution in [3.8, 4) is 34.2 Å². The number of hydrogen-bond donors (Lipinski definition) is 5. The lowest BCUT2D eigenvalue weighted by Crippen LogP contribution is -2.17. The van der Waals surface area contributed by atoms with Gasteiger partial charge in [-0.2, -0.15) is 0 Å². The molecule has 0 amide bonds. The van der Waals surface area contributed by atoms with Gasteiger partial charge in [-0.1, -0.05) is 12.1 Å². The number of ether oxygens (including phenoxy) is 1. The lowest BCUT2D eigenvalue weighted by Gasteiger charge is -2.10. The van der Waals surface area contributed by atoms with E-state index in [-0.39, 0.29) is 39.4 Å². The molecule has 0 spiro atoms. The number of aromatic carboxylic acids is 5. The molecule has 26 heteroatoms. The monoisotopic (exact) mass is 1410 g/mol. The first kappa shape index (κ1) is 70.7. The number of benzene rings is 10. The van der Waals surface area contributed by atoms with Crippen LogP contribution in [-0.2, 0) is 0 Å². The summed E-state index contributed by atoms with van der Waals surface area (Å²) in [5.41, 5.74) is 7.98. The van der Waals surface area contributed by atoms with Crippen molar-refractivity contribution in [1.29, 1.82) is 0 Å². The number of aryl methyl sites for hydroxylation is 1. The Labute approximate surface area is 574 Å². The second kappa shape index (κ2) is 29.4. The summed E-state index contributed by atoms with van der Waals surface area (Å²) in [5, 5.41) is 48.4. The van der Waals surface area contributed by atoms with E-state index in [4.69, 9.17) is 25.5 Å². The third kappa shape index (κ3) is 16.1. The van der Waals surface area contributed by atoms with Crippen LogP contribution >= 0.6 is 0 Å². The van der Waals surface area contributed by atoms with Crippen molar-refractivity contribution < 1.29 is 98.1 Å². The molecule has 0 bridgehead atoms. The highest BCUT2D eigenvalue weighted by Gasteiger charge is 2.31. The zero-order valence-electron chi connectivity index (χ0n) is 52.9. The lowest BCUT2D eigenvalue weighted by atomic mass is 10.1. The number of fused-ring (bicyclic) bond motifs is 5. The molecule has 16 nitrogen and oxygen atoms in total. The molecule has 15 rings (SSSR count). The molecule has 0 unspecified atom stereocenters. The SMILES string of the molecule is Cc1cccc(-n2ccc3cc(C(=O)O)ccc32)c1.O=C(O)c1ccc2c(ccn2-c2cc(F)c(F)c(F)c2)c1.O=C(O)c1ccc2c(ccn2-c2cc(F)cc(F)c2)c1.O=C(O)c1ccc2c(ccn2-c2cc(F)ccc2F)c1.O=C(O)c1ccc2c(ccn2-c2ccc(OC(F)(F)F)cc2)c1. The average molecular weight is 1410 g/mol. The summed E-state index contributed by atoms with van der Waals surface area (Å²) >= 11 is 0. The summed E-state index contributed by atoms with van der Waals surface area (Å²) in [4.78, 5) is 54.6. The van der Waals surface area contributed by atoms with Gasteiger partial charge >= 0.3 is 36.2 Å². The minimum absolute atomic E-state index is 0.0862. The van der Waals surface area contributed by atoms with Crippen LogP contribution in [0.2, 0.25) is 0 Å². The van der Waals surface area contributed by atoms with E-state index in [1.807, 2.05) is 30.5 Å². The van der Waals surface area contributed by atoms with Gasteiger partial charge in [0, 0.05) is 93.6 Å². The van der Waals surface area contributed by atoms with Crippen molar-refractivity contribution in [2.45, 2.75) is 13.3 Å². The summed E-state index contributed by atoms with van der Waals surface area (Å²) in [7, 11) is 0. The predicted molar refractivity (Wildman–Crippen MR) is 362 cm³/mol. The van der Waals surface area contributed by atoms with E-state index >= 15 is 0 Å². The highest BCUT2D eigenvalue weighted by molar-refractivity contribution is 5.98. The topological polar surface area (TPSA) is 220 Å². The van der Waals surface area contributed by atoms with E-state index in [1.165, 1.54) is 112 Å². The molecule has 0 saturated heterocycles.